The number of H-pyrrole nitrogens is 1. The zero-order chi connectivity index (χ0) is 15.1. The van der Waals surface area contributed by atoms with E-state index in [-0.39, 0.29) is 5.56 Å². The lowest BCUT2D eigenvalue weighted by Gasteiger charge is -2.04. The quantitative estimate of drug-likeness (QED) is 0.451. The van der Waals surface area contributed by atoms with Crippen molar-refractivity contribution in [2.24, 2.45) is 0 Å². The number of nitrogens with one attached hydrogen (secondary N) is 1. The Balaban J connectivity index is 1.70. The van der Waals surface area contributed by atoms with Crippen molar-refractivity contribution in [3.05, 3.63) is 58.1 Å². The molecule has 0 aliphatic carbocycles. The smallest absolute Gasteiger partial charge is 0.350 e. The van der Waals surface area contributed by atoms with E-state index in [4.69, 9.17) is 4.74 Å². The van der Waals surface area contributed by atoms with Gasteiger partial charge in [-0.05, 0) is 18.2 Å². The van der Waals surface area contributed by atoms with Crippen LogP contribution in [0.5, 0.6) is 5.75 Å². The molecule has 4 aromatic rings. The minimum atomic E-state index is -0.735. The van der Waals surface area contributed by atoms with Crippen LogP contribution in [-0.2, 0) is 0 Å². The fourth-order valence-electron chi connectivity index (χ4n) is 2.11. The fourth-order valence-corrected chi connectivity index (χ4v) is 2.79. The number of hydrogen-bond donors (Lipinski definition) is 1. The molecule has 1 N–H and O–H groups in total. The highest BCUT2D eigenvalue weighted by molar-refractivity contribution is 7.15. The minimum Gasteiger partial charge on any atom is -0.423 e. The first kappa shape index (κ1) is 12.7. The summed E-state index contributed by atoms with van der Waals surface area (Å²) in [6, 6.07) is 5.05. The number of hydrogen-bond acceptors (Lipinski definition) is 6. The van der Waals surface area contributed by atoms with Gasteiger partial charge in [0.2, 0.25) is 0 Å². The largest absolute Gasteiger partial charge is 0.423 e. The van der Waals surface area contributed by atoms with E-state index in [1.165, 1.54) is 21.9 Å². The number of esters is 1. The van der Waals surface area contributed by atoms with Crippen molar-refractivity contribution >= 4 is 33.2 Å². The monoisotopic (exact) mass is 312 g/mol. The van der Waals surface area contributed by atoms with E-state index in [0.717, 1.165) is 10.9 Å². The van der Waals surface area contributed by atoms with Crippen molar-refractivity contribution < 1.29 is 9.53 Å². The van der Waals surface area contributed by atoms with Crippen LogP contribution in [0.2, 0.25) is 0 Å². The van der Waals surface area contributed by atoms with Crippen LogP contribution in [0, 0.1) is 0 Å². The highest BCUT2D eigenvalue weighted by Crippen LogP contribution is 2.19. The van der Waals surface area contributed by atoms with E-state index in [0.29, 0.717) is 10.7 Å². The second kappa shape index (κ2) is 4.78. The number of aromatic amines is 1. The van der Waals surface area contributed by atoms with Gasteiger partial charge in [0.1, 0.15) is 11.3 Å². The number of carbonyl (C=O) groups is 1. The molecular formula is C14H8N4O3S. The van der Waals surface area contributed by atoms with Gasteiger partial charge in [0.15, 0.2) is 4.96 Å². The maximum Gasteiger partial charge on any atom is 0.350 e. The second-order valence-corrected chi connectivity index (χ2v) is 5.41. The predicted molar refractivity (Wildman–Crippen MR) is 80.4 cm³/mol. The van der Waals surface area contributed by atoms with Crippen molar-refractivity contribution in [1.82, 2.24) is 19.6 Å². The van der Waals surface area contributed by atoms with Crippen LogP contribution in [0.4, 0.5) is 0 Å². The predicted octanol–water partition coefficient (Wildman–Crippen LogP) is 1.85. The van der Waals surface area contributed by atoms with Gasteiger partial charge in [-0.25, -0.2) is 9.78 Å². The number of benzene rings is 1. The molecule has 0 unspecified atom stereocenters. The van der Waals surface area contributed by atoms with Crippen LogP contribution >= 0.6 is 11.3 Å². The third kappa shape index (κ3) is 1.97. The first-order chi connectivity index (χ1) is 10.7. The van der Waals surface area contributed by atoms with Crippen LogP contribution < -0.4 is 10.3 Å². The van der Waals surface area contributed by atoms with E-state index in [1.807, 2.05) is 0 Å². The molecule has 0 atom stereocenters. The van der Waals surface area contributed by atoms with Crippen molar-refractivity contribution in [3.63, 3.8) is 0 Å². The molecular weight excluding hydrogens is 304 g/mol. The summed E-state index contributed by atoms with van der Waals surface area (Å²) in [5, 5.41) is 9.24. The van der Waals surface area contributed by atoms with E-state index < -0.39 is 11.5 Å². The topological polar surface area (TPSA) is 89.3 Å². The Morgan fingerprint density at radius 2 is 2.23 bits per heavy atom. The van der Waals surface area contributed by atoms with Crippen LogP contribution in [0.3, 0.4) is 0 Å². The molecule has 3 heterocycles. The average Bonchev–Trinajstić information content (AvgIpc) is 3.15. The van der Waals surface area contributed by atoms with Gasteiger partial charge in [0, 0.05) is 17.0 Å². The molecule has 8 heteroatoms. The van der Waals surface area contributed by atoms with Crippen LogP contribution in [0.25, 0.3) is 15.9 Å². The Morgan fingerprint density at radius 1 is 1.32 bits per heavy atom. The zero-order valence-corrected chi connectivity index (χ0v) is 11.8. The van der Waals surface area contributed by atoms with Gasteiger partial charge in [-0.3, -0.25) is 14.3 Å². The number of aromatic nitrogens is 4. The summed E-state index contributed by atoms with van der Waals surface area (Å²) in [6.45, 7) is 0. The van der Waals surface area contributed by atoms with Gasteiger partial charge in [0.05, 0.1) is 17.9 Å². The summed E-state index contributed by atoms with van der Waals surface area (Å²) in [7, 11) is 0. The molecule has 3 aromatic heterocycles. The molecule has 0 amide bonds. The number of nitrogens with zero attached hydrogens (tertiary/aromatic N) is 3. The van der Waals surface area contributed by atoms with Crippen LogP contribution in [-0.4, -0.2) is 25.6 Å². The first-order valence-corrected chi connectivity index (χ1v) is 7.20. The lowest BCUT2D eigenvalue weighted by molar-refractivity contribution is 0.0732. The zero-order valence-electron chi connectivity index (χ0n) is 11.0. The molecule has 0 aliphatic rings. The highest BCUT2D eigenvalue weighted by Gasteiger charge is 2.16. The Kier molecular flexibility index (Phi) is 2.76. The number of ether oxygens (including phenoxy) is 1. The summed E-state index contributed by atoms with van der Waals surface area (Å²) < 4.78 is 6.57. The first-order valence-electron chi connectivity index (χ1n) is 6.32. The number of carbonyl (C=O) groups excluding carboxylic acids is 1. The lowest BCUT2D eigenvalue weighted by atomic mass is 10.2. The molecule has 1 aromatic carbocycles. The second-order valence-electron chi connectivity index (χ2n) is 4.54. The maximum absolute atomic E-state index is 12.2. The number of rotatable bonds is 2. The molecule has 0 saturated carbocycles. The third-order valence-electron chi connectivity index (χ3n) is 3.18. The fraction of sp³-hybridized carbons (Fsp3) is 0. The summed E-state index contributed by atoms with van der Waals surface area (Å²) >= 11 is 1.32. The Labute approximate surface area is 126 Å². The molecule has 0 radical (unpaired) electrons. The van der Waals surface area contributed by atoms with Crippen molar-refractivity contribution in [3.8, 4) is 5.75 Å². The van der Waals surface area contributed by atoms with Gasteiger partial charge in [-0.15, -0.1) is 11.3 Å². The van der Waals surface area contributed by atoms with E-state index in [9.17, 15) is 9.59 Å². The summed E-state index contributed by atoms with van der Waals surface area (Å²) in [4.78, 5) is 29.0. The third-order valence-corrected chi connectivity index (χ3v) is 3.96. The van der Waals surface area contributed by atoms with E-state index in [1.54, 1.807) is 36.0 Å². The van der Waals surface area contributed by atoms with Gasteiger partial charge >= 0.3 is 5.97 Å². The van der Waals surface area contributed by atoms with Gasteiger partial charge in [0.25, 0.3) is 5.56 Å². The normalized spacial score (nSPS) is 11.1. The highest BCUT2D eigenvalue weighted by atomic mass is 32.1. The molecule has 0 saturated heterocycles. The minimum absolute atomic E-state index is 0.108. The summed E-state index contributed by atoms with van der Waals surface area (Å²) in [5.74, 6) is -0.394. The standard InChI is InChI=1S/C14H8N4O3S/c19-12-10(7-15-14-18(12)3-4-22-14)13(20)21-9-1-2-11-8(5-9)6-16-17-11/h1-7H,(H,16,17). The molecule has 0 bridgehead atoms. The molecule has 0 aliphatic heterocycles. The Bertz CT molecular complexity index is 1060. The van der Waals surface area contributed by atoms with Gasteiger partial charge in [-0.2, -0.15) is 5.10 Å². The molecule has 7 nitrogen and oxygen atoms in total. The van der Waals surface area contributed by atoms with E-state index in [2.05, 4.69) is 15.2 Å². The van der Waals surface area contributed by atoms with E-state index >= 15 is 0 Å². The Hall–Kier alpha value is -3.00. The number of fused-ring (bicyclic) bond motifs is 2. The average molecular weight is 312 g/mol. The van der Waals surface area contributed by atoms with Crippen LogP contribution in [0.15, 0.2) is 47.0 Å². The van der Waals surface area contributed by atoms with Crippen molar-refractivity contribution in [2.45, 2.75) is 0 Å². The lowest BCUT2D eigenvalue weighted by Crippen LogP contribution is -2.24. The van der Waals surface area contributed by atoms with Gasteiger partial charge < -0.3 is 4.74 Å². The maximum atomic E-state index is 12.2. The summed E-state index contributed by atoms with van der Waals surface area (Å²) in [6.07, 6.45) is 4.44. The van der Waals surface area contributed by atoms with Crippen molar-refractivity contribution in [1.29, 1.82) is 0 Å². The molecule has 22 heavy (non-hydrogen) atoms. The Morgan fingerprint density at radius 3 is 3.14 bits per heavy atom. The molecule has 108 valence electrons. The molecule has 4 rings (SSSR count). The molecule has 0 spiro atoms. The number of thiazole rings is 1. The van der Waals surface area contributed by atoms with Crippen LogP contribution in [0.1, 0.15) is 10.4 Å². The summed E-state index contributed by atoms with van der Waals surface area (Å²) in [5.41, 5.74) is 0.282. The molecule has 0 fully saturated rings. The SMILES string of the molecule is O=C(Oc1ccc2[nH]ncc2c1)c1cnc2sccn2c1=O. The van der Waals surface area contributed by atoms with Crippen molar-refractivity contribution in [2.75, 3.05) is 0 Å². The van der Waals surface area contributed by atoms with Gasteiger partial charge in [-0.1, -0.05) is 0 Å².